The van der Waals surface area contributed by atoms with E-state index in [0.29, 0.717) is 19.1 Å². The van der Waals surface area contributed by atoms with Crippen LogP contribution in [0, 0.1) is 11.8 Å². The van der Waals surface area contributed by atoms with Gasteiger partial charge in [-0.05, 0) is 30.2 Å². The Morgan fingerprint density at radius 2 is 2.00 bits per heavy atom. The van der Waals surface area contributed by atoms with Crippen LogP contribution in [0.1, 0.15) is 45.1 Å². The summed E-state index contributed by atoms with van der Waals surface area (Å²) in [6, 6.07) is 10.5. The smallest absolute Gasteiger partial charge is 0.234 e. The predicted octanol–water partition coefficient (Wildman–Crippen LogP) is 3.11. The van der Waals surface area contributed by atoms with Crippen molar-refractivity contribution in [3.8, 4) is 0 Å². The maximum absolute atomic E-state index is 11.9. The maximum atomic E-state index is 11.9. The van der Waals surface area contributed by atoms with Crippen LogP contribution in [0.4, 0.5) is 0 Å². The van der Waals surface area contributed by atoms with Crippen LogP contribution in [0.3, 0.4) is 0 Å². The third-order valence-corrected chi connectivity index (χ3v) is 4.54. The standard InChI is InChI=1S/C18H28N2O/c1-14(2)16-9-6-10-17(11-16)19-13-18(21)20-12-15-7-4-3-5-8-15/h3-5,7-8,14,16-17,19H,6,9-13H2,1-2H3,(H,20,21). The number of amides is 1. The molecule has 3 nitrogen and oxygen atoms in total. The molecular weight excluding hydrogens is 260 g/mol. The molecule has 2 atom stereocenters. The van der Waals surface area contributed by atoms with Crippen LogP contribution in [0.5, 0.6) is 0 Å². The molecule has 0 heterocycles. The highest BCUT2D eigenvalue weighted by Crippen LogP contribution is 2.29. The molecule has 0 radical (unpaired) electrons. The molecule has 0 spiro atoms. The summed E-state index contributed by atoms with van der Waals surface area (Å²) in [5, 5.41) is 6.40. The Balaban J connectivity index is 1.67. The Labute approximate surface area is 128 Å². The lowest BCUT2D eigenvalue weighted by molar-refractivity contribution is -0.120. The first-order chi connectivity index (χ1) is 10.1. The molecule has 1 aromatic carbocycles. The minimum atomic E-state index is 0.0884. The van der Waals surface area contributed by atoms with Gasteiger partial charge < -0.3 is 10.6 Å². The first kappa shape index (κ1) is 16.0. The van der Waals surface area contributed by atoms with Gasteiger partial charge >= 0.3 is 0 Å². The average molecular weight is 288 g/mol. The van der Waals surface area contributed by atoms with Crippen molar-refractivity contribution in [2.45, 2.75) is 52.1 Å². The second-order valence-corrected chi connectivity index (χ2v) is 6.51. The minimum absolute atomic E-state index is 0.0884. The SMILES string of the molecule is CC(C)C1CCCC(NCC(=O)NCc2ccccc2)C1. The van der Waals surface area contributed by atoms with Gasteiger partial charge in [-0.2, -0.15) is 0 Å². The maximum Gasteiger partial charge on any atom is 0.234 e. The van der Waals surface area contributed by atoms with Gasteiger partial charge in [0.2, 0.25) is 5.91 Å². The van der Waals surface area contributed by atoms with E-state index >= 15 is 0 Å². The Hall–Kier alpha value is -1.35. The summed E-state index contributed by atoms with van der Waals surface area (Å²) in [6.07, 6.45) is 5.04. The molecule has 0 aromatic heterocycles. The van der Waals surface area contributed by atoms with Gasteiger partial charge in [0.1, 0.15) is 0 Å². The Morgan fingerprint density at radius 1 is 1.24 bits per heavy atom. The van der Waals surface area contributed by atoms with E-state index in [4.69, 9.17) is 0 Å². The zero-order valence-corrected chi connectivity index (χ0v) is 13.3. The Morgan fingerprint density at radius 3 is 2.71 bits per heavy atom. The molecule has 2 unspecified atom stereocenters. The first-order valence-electron chi connectivity index (χ1n) is 8.19. The van der Waals surface area contributed by atoms with Crippen molar-refractivity contribution in [3.63, 3.8) is 0 Å². The predicted molar refractivity (Wildman–Crippen MR) is 86.9 cm³/mol. The van der Waals surface area contributed by atoms with Gasteiger partial charge in [-0.25, -0.2) is 0 Å². The Kier molecular flexibility index (Phi) is 6.24. The van der Waals surface area contributed by atoms with Crippen LogP contribution in [-0.2, 0) is 11.3 Å². The van der Waals surface area contributed by atoms with E-state index in [-0.39, 0.29) is 5.91 Å². The molecule has 1 amide bonds. The zero-order chi connectivity index (χ0) is 15.1. The average Bonchev–Trinajstić information content (AvgIpc) is 2.52. The Bertz CT molecular complexity index is 430. The van der Waals surface area contributed by atoms with Crippen LogP contribution >= 0.6 is 0 Å². The van der Waals surface area contributed by atoms with Crippen molar-refractivity contribution in [3.05, 3.63) is 35.9 Å². The second-order valence-electron chi connectivity index (χ2n) is 6.51. The molecule has 1 fully saturated rings. The summed E-state index contributed by atoms with van der Waals surface area (Å²) in [7, 11) is 0. The van der Waals surface area contributed by atoms with Crippen LogP contribution in [0.2, 0.25) is 0 Å². The van der Waals surface area contributed by atoms with Crippen molar-refractivity contribution >= 4 is 5.91 Å². The number of rotatable bonds is 6. The number of hydrogen-bond donors (Lipinski definition) is 2. The normalized spacial score (nSPS) is 22.2. The molecule has 1 aliphatic rings. The topological polar surface area (TPSA) is 41.1 Å². The number of benzene rings is 1. The summed E-state index contributed by atoms with van der Waals surface area (Å²) < 4.78 is 0. The highest BCUT2D eigenvalue weighted by atomic mass is 16.1. The lowest BCUT2D eigenvalue weighted by atomic mass is 9.79. The molecule has 116 valence electrons. The van der Waals surface area contributed by atoms with E-state index in [9.17, 15) is 4.79 Å². The van der Waals surface area contributed by atoms with Crippen molar-refractivity contribution in [1.82, 2.24) is 10.6 Å². The van der Waals surface area contributed by atoms with E-state index in [1.54, 1.807) is 0 Å². The van der Waals surface area contributed by atoms with E-state index in [0.717, 1.165) is 17.4 Å². The molecule has 21 heavy (non-hydrogen) atoms. The van der Waals surface area contributed by atoms with Crippen molar-refractivity contribution in [2.75, 3.05) is 6.54 Å². The van der Waals surface area contributed by atoms with Gasteiger partial charge in [0.15, 0.2) is 0 Å². The quantitative estimate of drug-likeness (QED) is 0.844. The van der Waals surface area contributed by atoms with Crippen LogP contribution in [0.15, 0.2) is 30.3 Å². The van der Waals surface area contributed by atoms with E-state index in [1.807, 2.05) is 30.3 Å². The van der Waals surface area contributed by atoms with Gasteiger partial charge in [-0.1, -0.05) is 57.0 Å². The lowest BCUT2D eigenvalue weighted by Gasteiger charge is -2.32. The van der Waals surface area contributed by atoms with E-state index in [2.05, 4.69) is 24.5 Å². The fourth-order valence-electron chi connectivity index (χ4n) is 3.11. The molecule has 1 saturated carbocycles. The van der Waals surface area contributed by atoms with Gasteiger partial charge in [-0.15, -0.1) is 0 Å². The van der Waals surface area contributed by atoms with Crippen molar-refractivity contribution < 1.29 is 4.79 Å². The fourth-order valence-corrected chi connectivity index (χ4v) is 3.11. The monoisotopic (exact) mass is 288 g/mol. The summed E-state index contributed by atoms with van der Waals surface area (Å²) in [5.41, 5.74) is 1.14. The largest absolute Gasteiger partial charge is 0.351 e. The molecule has 2 rings (SSSR count). The van der Waals surface area contributed by atoms with Gasteiger partial charge in [0.05, 0.1) is 6.54 Å². The number of carbonyl (C=O) groups is 1. The van der Waals surface area contributed by atoms with Crippen molar-refractivity contribution in [1.29, 1.82) is 0 Å². The van der Waals surface area contributed by atoms with E-state index in [1.165, 1.54) is 25.7 Å². The van der Waals surface area contributed by atoms with Crippen LogP contribution in [-0.4, -0.2) is 18.5 Å². The van der Waals surface area contributed by atoms with Crippen molar-refractivity contribution in [2.24, 2.45) is 11.8 Å². The molecular formula is C18H28N2O. The number of carbonyl (C=O) groups excluding carboxylic acids is 1. The molecule has 2 N–H and O–H groups in total. The second kappa shape index (κ2) is 8.18. The molecule has 1 aromatic rings. The highest BCUT2D eigenvalue weighted by Gasteiger charge is 2.24. The third-order valence-electron chi connectivity index (χ3n) is 4.54. The number of hydrogen-bond acceptors (Lipinski definition) is 2. The van der Waals surface area contributed by atoms with Gasteiger partial charge in [0.25, 0.3) is 0 Å². The summed E-state index contributed by atoms with van der Waals surface area (Å²) in [5.74, 6) is 1.65. The highest BCUT2D eigenvalue weighted by molar-refractivity contribution is 5.78. The third kappa shape index (κ3) is 5.50. The lowest BCUT2D eigenvalue weighted by Crippen LogP contribution is -2.41. The molecule has 3 heteroatoms. The summed E-state index contributed by atoms with van der Waals surface area (Å²) in [4.78, 5) is 11.9. The molecule has 0 aliphatic heterocycles. The fraction of sp³-hybridized carbons (Fsp3) is 0.611. The molecule has 1 aliphatic carbocycles. The molecule has 0 bridgehead atoms. The van der Waals surface area contributed by atoms with E-state index < -0.39 is 0 Å². The number of nitrogens with one attached hydrogen (secondary N) is 2. The summed E-state index contributed by atoms with van der Waals surface area (Å²) >= 11 is 0. The summed E-state index contributed by atoms with van der Waals surface area (Å²) in [6.45, 7) is 5.65. The first-order valence-corrected chi connectivity index (χ1v) is 8.19. The minimum Gasteiger partial charge on any atom is -0.351 e. The van der Waals surface area contributed by atoms with Gasteiger partial charge in [-0.3, -0.25) is 4.79 Å². The molecule has 0 saturated heterocycles. The van der Waals surface area contributed by atoms with Crippen LogP contribution < -0.4 is 10.6 Å². The van der Waals surface area contributed by atoms with Gasteiger partial charge in [0, 0.05) is 12.6 Å². The van der Waals surface area contributed by atoms with Crippen LogP contribution in [0.25, 0.3) is 0 Å². The zero-order valence-electron chi connectivity index (χ0n) is 13.3.